The van der Waals surface area contributed by atoms with Crippen LogP contribution < -0.4 is 10.2 Å². The first-order valence-corrected chi connectivity index (χ1v) is 9.34. The zero-order chi connectivity index (χ0) is 18.6. The molecule has 1 aliphatic heterocycles. The van der Waals surface area contributed by atoms with Gasteiger partial charge in [0, 0.05) is 30.0 Å². The molecule has 0 bridgehead atoms. The van der Waals surface area contributed by atoms with Crippen LogP contribution in [0.3, 0.4) is 0 Å². The van der Waals surface area contributed by atoms with Crippen LogP contribution in [-0.4, -0.2) is 24.0 Å². The summed E-state index contributed by atoms with van der Waals surface area (Å²) in [6.45, 7) is 4.25. The van der Waals surface area contributed by atoms with Crippen molar-refractivity contribution < 1.29 is 9.21 Å². The van der Waals surface area contributed by atoms with Crippen molar-refractivity contribution >= 4 is 17.3 Å². The molecule has 4 rings (SSSR count). The summed E-state index contributed by atoms with van der Waals surface area (Å²) in [6.07, 6.45) is 4.23. The summed E-state index contributed by atoms with van der Waals surface area (Å²) in [6, 6.07) is 15.9. The van der Waals surface area contributed by atoms with Gasteiger partial charge in [-0.05, 0) is 55.7 Å². The van der Waals surface area contributed by atoms with E-state index < -0.39 is 0 Å². The van der Waals surface area contributed by atoms with Crippen molar-refractivity contribution in [3.8, 4) is 11.5 Å². The minimum absolute atomic E-state index is 0.0973. The Hall–Kier alpha value is -3.08. The van der Waals surface area contributed by atoms with Crippen LogP contribution in [-0.2, 0) is 11.2 Å². The zero-order valence-corrected chi connectivity index (χ0v) is 15.4. The van der Waals surface area contributed by atoms with E-state index in [1.54, 1.807) is 6.26 Å². The van der Waals surface area contributed by atoms with Gasteiger partial charge < -0.3 is 14.6 Å². The number of anilines is 2. The lowest BCUT2D eigenvalue weighted by atomic mass is 10.1. The van der Waals surface area contributed by atoms with Crippen molar-refractivity contribution in [2.24, 2.45) is 0 Å². The van der Waals surface area contributed by atoms with Crippen molar-refractivity contribution in [2.75, 3.05) is 23.3 Å². The number of carbonyl (C=O) groups excluding carboxylic acids is 1. The summed E-state index contributed by atoms with van der Waals surface area (Å²) < 4.78 is 5.50. The fourth-order valence-corrected chi connectivity index (χ4v) is 3.42. The molecule has 1 N–H and O–H groups in total. The van der Waals surface area contributed by atoms with Gasteiger partial charge in [-0.15, -0.1) is 0 Å². The van der Waals surface area contributed by atoms with E-state index in [9.17, 15) is 4.79 Å². The number of benzene rings is 2. The second-order valence-corrected chi connectivity index (χ2v) is 6.93. The van der Waals surface area contributed by atoms with Gasteiger partial charge in [0.25, 0.3) is 0 Å². The normalized spacial score (nSPS) is 13.7. The molecule has 5 nitrogen and oxygen atoms in total. The second-order valence-electron chi connectivity index (χ2n) is 6.93. The number of nitrogens with one attached hydrogen (secondary N) is 1. The van der Waals surface area contributed by atoms with Crippen LogP contribution in [0.2, 0.25) is 0 Å². The standard InChI is InChI=1S/C22H23N3O2/c1-16-13-19(25-11-5-6-12-25)9-10-20(16)24-21(26)14-18-15-27-22(23-18)17-7-3-2-4-8-17/h2-4,7-10,13,15H,5-6,11-12,14H2,1H3,(H,24,26). The summed E-state index contributed by atoms with van der Waals surface area (Å²) in [7, 11) is 0. The maximum absolute atomic E-state index is 12.4. The molecule has 0 radical (unpaired) electrons. The third-order valence-electron chi connectivity index (χ3n) is 4.87. The monoisotopic (exact) mass is 361 g/mol. The Balaban J connectivity index is 1.40. The van der Waals surface area contributed by atoms with E-state index in [0.717, 1.165) is 29.9 Å². The number of amides is 1. The van der Waals surface area contributed by atoms with Crippen LogP contribution in [0.25, 0.3) is 11.5 Å². The third-order valence-corrected chi connectivity index (χ3v) is 4.87. The number of rotatable bonds is 5. The van der Waals surface area contributed by atoms with Gasteiger partial charge in [-0.2, -0.15) is 0 Å². The summed E-state index contributed by atoms with van der Waals surface area (Å²) in [4.78, 5) is 19.2. The van der Waals surface area contributed by atoms with Gasteiger partial charge in [0.15, 0.2) is 0 Å². The smallest absolute Gasteiger partial charge is 0.230 e. The van der Waals surface area contributed by atoms with E-state index in [1.165, 1.54) is 18.5 Å². The molecular weight excluding hydrogens is 338 g/mol. The van der Waals surface area contributed by atoms with E-state index in [0.29, 0.717) is 11.6 Å². The van der Waals surface area contributed by atoms with Gasteiger partial charge >= 0.3 is 0 Å². The Morgan fingerprint density at radius 2 is 1.93 bits per heavy atom. The first-order valence-electron chi connectivity index (χ1n) is 9.34. The van der Waals surface area contributed by atoms with Crippen molar-refractivity contribution in [3.63, 3.8) is 0 Å². The van der Waals surface area contributed by atoms with Crippen LogP contribution >= 0.6 is 0 Å². The fourth-order valence-electron chi connectivity index (χ4n) is 3.42. The average Bonchev–Trinajstić information content (AvgIpc) is 3.36. The lowest BCUT2D eigenvalue weighted by molar-refractivity contribution is -0.115. The van der Waals surface area contributed by atoms with Gasteiger partial charge in [0.2, 0.25) is 11.8 Å². The van der Waals surface area contributed by atoms with Gasteiger partial charge in [0.1, 0.15) is 6.26 Å². The predicted molar refractivity (Wildman–Crippen MR) is 107 cm³/mol. The van der Waals surface area contributed by atoms with Crippen LogP contribution in [0, 0.1) is 6.92 Å². The second kappa shape index (κ2) is 7.66. The molecule has 2 heterocycles. The Bertz CT molecular complexity index is 928. The maximum atomic E-state index is 12.4. The first-order chi connectivity index (χ1) is 13.2. The van der Waals surface area contributed by atoms with Crippen molar-refractivity contribution in [1.29, 1.82) is 0 Å². The van der Waals surface area contributed by atoms with E-state index in [2.05, 4.69) is 27.3 Å². The summed E-state index contributed by atoms with van der Waals surface area (Å²) >= 11 is 0. The number of aryl methyl sites for hydroxylation is 1. The molecule has 138 valence electrons. The number of carbonyl (C=O) groups is 1. The topological polar surface area (TPSA) is 58.4 Å². The Morgan fingerprint density at radius 3 is 2.67 bits per heavy atom. The molecule has 1 aliphatic rings. The van der Waals surface area contributed by atoms with E-state index in [1.807, 2.05) is 43.3 Å². The molecular formula is C22H23N3O2. The van der Waals surface area contributed by atoms with Crippen molar-refractivity contribution in [2.45, 2.75) is 26.2 Å². The maximum Gasteiger partial charge on any atom is 0.230 e. The molecule has 0 saturated carbocycles. The summed E-state index contributed by atoms with van der Waals surface area (Å²) in [5.74, 6) is 0.435. The lowest BCUT2D eigenvalue weighted by Gasteiger charge is -2.19. The molecule has 1 aromatic heterocycles. The molecule has 2 aromatic carbocycles. The molecule has 0 spiro atoms. The van der Waals surface area contributed by atoms with Crippen molar-refractivity contribution in [1.82, 2.24) is 4.98 Å². The summed E-state index contributed by atoms with van der Waals surface area (Å²) in [5.41, 5.74) is 4.66. The summed E-state index contributed by atoms with van der Waals surface area (Å²) in [5, 5.41) is 2.99. The molecule has 1 amide bonds. The molecule has 27 heavy (non-hydrogen) atoms. The number of nitrogens with zero attached hydrogens (tertiary/aromatic N) is 2. The predicted octanol–water partition coefficient (Wildman–Crippen LogP) is 4.43. The zero-order valence-electron chi connectivity index (χ0n) is 15.4. The van der Waals surface area contributed by atoms with Gasteiger partial charge in [-0.1, -0.05) is 18.2 Å². The van der Waals surface area contributed by atoms with Crippen LogP contribution in [0.1, 0.15) is 24.1 Å². The third kappa shape index (κ3) is 4.03. The van der Waals surface area contributed by atoms with Crippen LogP contribution in [0.15, 0.2) is 59.2 Å². The molecule has 1 saturated heterocycles. The molecule has 3 aromatic rings. The highest BCUT2D eigenvalue weighted by Crippen LogP contribution is 2.26. The highest BCUT2D eigenvalue weighted by Gasteiger charge is 2.15. The Kier molecular flexibility index (Phi) is 4.92. The largest absolute Gasteiger partial charge is 0.444 e. The number of hydrogen-bond acceptors (Lipinski definition) is 4. The Morgan fingerprint density at radius 1 is 1.15 bits per heavy atom. The van der Waals surface area contributed by atoms with E-state index >= 15 is 0 Å². The van der Waals surface area contributed by atoms with Gasteiger partial charge in [-0.3, -0.25) is 4.79 Å². The van der Waals surface area contributed by atoms with Crippen LogP contribution in [0.5, 0.6) is 0 Å². The van der Waals surface area contributed by atoms with Gasteiger partial charge in [-0.25, -0.2) is 4.98 Å². The Labute approximate surface area is 159 Å². The number of oxazole rings is 1. The molecule has 1 fully saturated rings. The number of aromatic nitrogens is 1. The molecule has 0 atom stereocenters. The minimum atomic E-state index is -0.0973. The van der Waals surface area contributed by atoms with Gasteiger partial charge in [0.05, 0.1) is 12.1 Å². The fraction of sp³-hybridized carbons (Fsp3) is 0.273. The first kappa shape index (κ1) is 17.3. The van der Waals surface area contributed by atoms with Crippen LogP contribution in [0.4, 0.5) is 11.4 Å². The highest BCUT2D eigenvalue weighted by atomic mass is 16.3. The lowest BCUT2D eigenvalue weighted by Crippen LogP contribution is -2.18. The average molecular weight is 361 g/mol. The highest BCUT2D eigenvalue weighted by molar-refractivity contribution is 5.93. The molecule has 0 aliphatic carbocycles. The quantitative estimate of drug-likeness (QED) is 0.730. The van der Waals surface area contributed by atoms with E-state index in [-0.39, 0.29) is 12.3 Å². The molecule has 0 unspecified atom stereocenters. The molecule has 5 heteroatoms. The van der Waals surface area contributed by atoms with E-state index in [4.69, 9.17) is 4.42 Å². The van der Waals surface area contributed by atoms with Crippen molar-refractivity contribution in [3.05, 3.63) is 66.1 Å². The number of hydrogen-bond donors (Lipinski definition) is 1. The minimum Gasteiger partial charge on any atom is -0.444 e. The SMILES string of the molecule is Cc1cc(N2CCCC2)ccc1NC(=O)Cc1coc(-c2ccccc2)n1.